The Morgan fingerprint density at radius 2 is 2.33 bits per heavy atom. The van der Waals surface area contributed by atoms with Crippen molar-refractivity contribution in [3.63, 3.8) is 0 Å². The molecule has 0 saturated carbocycles. The van der Waals surface area contributed by atoms with Crippen LogP contribution >= 0.6 is 23.4 Å². The minimum Gasteiger partial charge on any atom is -0.480 e. The van der Waals surface area contributed by atoms with Gasteiger partial charge in [-0.25, -0.2) is 19.4 Å². The van der Waals surface area contributed by atoms with Crippen LogP contribution in [0.25, 0.3) is 11.2 Å². The highest BCUT2D eigenvalue weighted by atomic mass is 35.5. The molecule has 0 amide bonds. The van der Waals surface area contributed by atoms with Crippen LogP contribution in [0.15, 0.2) is 17.3 Å². The number of fused-ring (bicyclic) bond motifs is 1. The first kappa shape index (κ1) is 17.1. The van der Waals surface area contributed by atoms with Crippen molar-refractivity contribution in [2.24, 2.45) is 0 Å². The van der Waals surface area contributed by atoms with Gasteiger partial charge in [0.15, 0.2) is 21.5 Å². The Bertz CT molecular complexity index is 781. The molecule has 0 unspecified atom stereocenters. The van der Waals surface area contributed by atoms with Crippen LogP contribution in [-0.2, 0) is 9.53 Å². The minimum atomic E-state index is -0.991. The lowest BCUT2D eigenvalue weighted by atomic mass is 10.2. The van der Waals surface area contributed by atoms with Crippen LogP contribution in [0.4, 0.5) is 0 Å². The molecule has 0 fully saturated rings. The monoisotopic (exact) mass is 369 g/mol. The number of thioether (sulfide) groups is 1. The lowest BCUT2D eigenvalue weighted by Gasteiger charge is -2.12. The molecule has 24 heavy (non-hydrogen) atoms. The topological polar surface area (TPSA) is 103 Å². The highest BCUT2D eigenvalue weighted by Crippen LogP contribution is 2.29. The number of rotatable bonds is 7. The average molecular weight is 370 g/mol. The largest absolute Gasteiger partial charge is 0.480 e. The van der Waals surface area contributed by atoms with E-state index < -0.39 is 5.97 Å². The van der Waals surface area contributed by atoms with E-state index in [1.54, 1.807) is 4.68 Å². The van der Waals surface area contributed by atoms with Crippen molar-refractivity contribution in [1.82, 2.24) is 25.0 Å². The summed E-state index contributed by atoms with van der Waals surface area (Å²) >= 11 is 7.72. The zero-order valence-corrected chi connectivity index (χ0v) is 14.5. The van der Waals surface area contributed by atoms with E-state index >= 15 is 0 Å². The van der Waals surface area contributed by atoms with Crippen LogP contribution in [0.1, 0.15) is 25.8 Å². The second-order valence-corrected chi connectivity index (χ2v) is 6.70. The van der Waals surface area contributed by atoms with Crippen molar-refractivity contribution >= 4 is 40.5 Å². The molecule has 0 saturated heterocycles. The maximum Gasteiger partial charge on any atom is 0.329 e. The van der Waals surface area contributed by atoms with E-state index in [0.29, 0.717) is 22.7 Å². The summed E-state index contributed by atoms with van der Waals surface area (Å²) in [7, 11) is 0. The second-order valence-electron chi connectivity index (χ2n) is 5.28. The normalized spacial score (nSPS) is 20.1. The molecule has 0 spiro atoms. The van der Waals surface area contributed by atoms with Gasteiger partial charge in [0.25, 0.3) is 0 Å². The summed E-state index contributed by atoms with van der Waals surface area (Å²) in [5.74, 6) is -0.0900. The van der Waals surface area contributed by atoms with Gasteiger partial charge >= 0.3 is 5.97 Å². The van der Waals surface area contributed by atoms with Crippen LogP contribution in [0, 0.1) is 0 Å². The van der Waals surface area contributed by atoms with Crippen LogP contribution in [0.2, 0.25) is 5.15 Å². The molecule has 3 rings (SSSR count). The number of hydrogen-bond donors (Lipinski definition) is 1. The first-order valence-corrected chi connectivity index (χ1v) is 8.87. The molecule has 128 valence electrons. The Labute approximate surface area is 147 Å². The van der Waals surface area contributed by atoms with Gasteiger partial charge in [0.2, 0.25) is 0 Å². The molecule has 8 nitrogen and oxygen atoms in total. The third-order valence-corrected chi connectivity index (χ3v) is 4.77. The maximum absolute atomic E-state index is 10.6. The molecule has 0 bridgehead atoms. The number of hydrogen-bond acceptors (Lipinski definition) is 7. The summed E-state index contributed by atoms with van der Waals surface area (Å²) in [6.45, 7) is 1.76. The van der Waals surface area contributed by atoms with Gasteiger partial charge in [0.05, 0.1) is 12.1 Å². The van der Waals surface area contributed by atoms with Crippen molar-refractivity contribution in [2.75, 3.05) is 12.4 Å². The molecular formula is C14H16ClN5O3S. The number of nitrogens with zero attached hydrogens (tertiary/aromatic N) is 5. The van der Waals surface area contributed by atoms with E-state index in [1.807, 2.05) is 12.2 Å². The van der Waals surface area contributed by atoms with E-state index in [9.17, 15) is 4.79 Å². The molecule has 0 aromatic carbocycles. The fourth-order valence-electron chi connectivity index (χ4n) is 2.39. The van der Waals surface area contributed by atoms with Crippen molar-refractivity contribution in [3.8, 4) is 0 Å². The SMILES string of the molecule is CCCSc1nc(Cl)c2nnn([C@H]3C=C[C@@H](OCC(=O)O)C3)c2n1. The average Bonchev–Trinajstić information content (AvgIpc) is 3.17. The second kappa shape index (κ2) is 7.45. The Morgan fingerprint density at radius 1 is 1.50 bits per heavy atom. The molecule has 0 radical (unpaired) electrons. The number of allylic oxidation sites excluding steroid dienone is 1. The van der Waals surface area contributed by atoms with Crippen molar-refractivity contribution in [1.29, 1.82) is 0 Å². The molecule has 0 aliphatic heterocycles. The summed E-state index contributed by atoms with van der Waals surface area (Å²) in [5, 5.41) is 17.8. The fraction of sp³-hybridized carbons (Fsp3) is 0.500. The maximum atomic E-state index is 10.6. The molecule has 1 aliphatic carbocycles. The van der Waals surface area contributed by atoms with Crippen LogP contribution in [0.5, 0.6) is 0 Å². The number of carboxylic acid groups (broad SMARTS) is 1. The first-order valence-electron chi connectivity index (χ1n) is 7.51. The van der Waals surface area contributed by atoms with Crippen LogP contribution in [-0.4, -0.2) is 54.5 Å². The quantitative estimate of drug-likeness (QED) is 0.343. The zero-order chi connectivity index (χ0) is 17.1. The van der Waals surface area contributed by atoms with Crippen LogP contribution < -0.4 is 0 Å². The van der Waals surface area contributed by atoms with Crippen molar-refractivity contribution in [3.05, 3.63) is 17.3 Å². The first-order chi connectivity index (χ1) is 11.6. The number of ether oxygens (including phenoxy) is 1. The van der Waals surface area contributed by atoms with Gasteiger partial charge in [-0.1, -0.05) is 47.7 Å². The summed E-state index contributed by atoms with van der Waals surface area (Å²) in [5.41, 5.74) is 1.03. The zero-order valence-electron chi connectivity index (χ0n) is 12.9. The fourth-order valence-corrected chi connectivity index (χ4v) is 3.34. The smallest absolute Gasteiger partial charge is 0.329 e. The molecule has 2 heterocycles. The predicted molar refractivity (Wildman–Crippen MR) is 89.3 cm³/mol. The van der Waals surface area contributed by atoms with Gasteiger partial charge in [0, 0.05) is 12.2 Å². The number of aliphatic carboxylic acids is 1. The third kappa shape index (κ3) is 3.68. The molecular weight excluding hydrogens is 354 g/mol. The van der Waals surface area contributed by atoms with Crippen molar-refractivity contribution in [2.45, 2.75) is 37.1 Å². The predicted octanol–water partition coefficient (Wildman–Crippen LogP) is 2.35. The van der Waals surface area contributed by atoms with Gasteiger partial charge in [0.1, 0.15) is 6.61 Å². The third-order valence-electron chi connectivity index (χ3n) is 3.45. The highest BCUT2D eigenvalue weighted by molar-refractivity contribution is 7.99. The summed E-state index contributed by atoms with van der Waals surface area (Å²) in [4.78, 5) is 19.3. The number of aromatic nitrogens is 5. The van der Waals surface area contributed by atoms with Gasteiger partial charge in [-0.15, -0.1) is 5.10 Å². The van der Waals surface area contributed by atoms with E-state index in [0.717, 1.165) is 12.2 Å². The van der Waals surface area contributed by atoms with Crippen LogP contribution in [0.3, 0.4) is 0 Å². The summed E-state index contributed by atoms with van der Waals surface area (Å²) in [6, 6.07) is -0.108. The van der Waals surface area contributed by atoms with E-state index in [-0.39, 0.29) is 23.9 Å². The lowest BCUT2D eigenvalue weighted by molar-refractivity contribution is -0.143. The van der Waals surface area contributed by atoms with Gasteiger partial charge < -0.3 is 9.84 Å². The highest BCUT2D eigenvalue weighted by Gasteiger charge is 2.25. The standard InChI is InChI=1S/C14H16ClN5O3S/c1-2-5-24-14-16-12(15)11-13(17-14)20(19-18-11)8-3-4-9(6-8)23-7-10(21)22/h3-4,8-9H,2,5-7H2,1H3,(H,21,22)/t8-,9+/m0/s1. The van der Waals surface area contributed by atoms with E-state index in [2.05, 4.69) is 27.2 Å². The number of halogens is 1. The molecule has 2 aromatic heterocycles. The molecule has 2 atom stereocenters. The summed E-state index contributed by atoms with van der Waals surface area (Å²) in [6.07, 6.45) is 5.06. The Balaban J connectivity index is 1.81. The number of carboxylic acids is 1. The van der Waals surface area contributed by atoms with E-state index in [4.69, 9.17) is 21.4 Å². The lowest BCUT2D eigenvalue weighted by Crippen LogP contribution is -2.17. The van der Waals surface area contributed by atoms with Gasteiger partial charge in [-0.2, -0.15) is 0 Å². The van der Waals surface area contributed by atoms with Crippen molar-refractivity contribution < 1.29 is 14.6 Å². The van der Waals surface area contributed by atoms with E-state index in [1.165, 1.54) is 11.8 Å². The molecule has 10 heteroatoms. The Kier molecular flexibility index (Phi) is 5.32. The number of carbonyl (C=O) groups is 1. The molecule has 1 N–H and O–H groups in total. The van der Waals surface area contributed by atoms with Gasteiger partial charge in [-0.3, -0.25) is 0 Å². The molecule has 1 aliphatic rings. The summed E-state index contributed by atoms with van der Waals surface area (Å²) < 4.78 is 6.97. The Morgan fingerprint density at radius 3 is 3.08 bits per heavy atom. The minimum absolute atomic E-state index is 0.108. The Hall–Kier alpha value is -1.71. The molecule has 2 aromatic rings. The van der Waals surface area contributed by atoms with Gasteiger partial charge in [-0.05, 0) is 6.42 Å².